The molecule has 0 bridgehead atoms. The number of methoxy groups -OCH3 is 2. The predicted octanol–water partition coefficient (Wildman–Crippen LogP) is 2.55. The van der Waals surface area contributed by atoms with Gasteiger partial charge in [0.2, 0.25) is 5.91 Å². The largest absolute Gasteiger partial charge is 0.497 e. The molecule has 1 heterocycles. The number of hydrogen-bond acceptors (Lipinski definition) is 4. The Balaban J connectivity index is 2.15. The molecule has 0 unspecified atom stereocenters. The zero-order chi connectivity index (χ0) is 18.7. The molecule has 136 valence electrons. The molecule has 0 saturated carbocycles. The number of hydrogen-bond donors (Lipinski definition) is 2. The van der Waals surface area contributed by atoms with Gasteiger partial charge in [-0.2, -0.15) is 0 Å². The van der Waals surface area contributed by atoms with Gasteiger partial charge in [-0.25, -0.2) is 5.84 Å². The van der Waals surface area contributed by atoms with Crippen molar-refractivity contribution in [2.45, 2.75) is 19.9 Å². The lowest BCUT2D eigenvalue weighted by molar-refractivity contribution is -0.120. The van der Waals surface area contributed by atoms with Crippen molar-refractivity contribution >= 4 is 16.8 Å². The standard InChI is InChI=1S/C20H23N3O3/c1-13-16(11-20(24)22-21)17-10-15(25-2)8-9-18(17)23(13)12-14-6-4-5-7-19(14)26-3/h4-10H,11-12,21H2,1-3H3,(H,22,24). The van der Waals surface area contributed by atoms with Crippen LogP contribution in [0.3, 0.4) is 0 Å². The second kappa shape index (κ2) is 7.49. The number of carbonyl (C=O) groups is 1. The number of aromatic nitrogens is 1. The lowest BCUT2D eigenvalue weighted by atomic mass is 10.1. The summed E-state index contributed by atoms with van der Waals surface area (Å²) in [4.78, 5) is 11.9. The molecule has 1 aromatic heterocycles. The molecule has 0 spiro atoms. The average molecular weight is 353 g/mol. The Labute approximate surface area is 152 Å². The van der Waals surface area contributed by atoms with Crippen LogP contribution in [-0.2, 0) is 17.8 Å². The molecule has 0 atom stereocenters. The Morgan fingerprint density at radius 2 is 1.92 bits per heavy atom. The van der Waals surface area contributed by atoms with E-state index in [4.69, 9.17) is 15.3 Å². The van der Waals surface area contributed by atoms with Crippen LogP contribution in [0.25, 0.3) is 10.9 Å². The summed E-state index contributed by atoms with van der Waals surface area (Å²) < 4.78 is 13.0. The van der Waals surface area contributed by atoms with Crippen molar-refractivity contribution in [2.75, 3.05) is 14.2 Å². The highest BCUT2D eigenvalue weighted by Crippen LogP contribution is 2.31. The molecular weight excluding hydrogens is 330 g/mol. The van der Waals surface area contributed by atoms with E-state index < -0.39 is 0 Å². The van der Waals surface area contributed by atoms with Crippen LogP contribution in [0.4, 0.5) is 0 Å². The number of nitrogens with two attached hydrogens (primary N) is 1. The molecule has 0 aliphatic carbocycles. The molecule has 0 fully saturated rings. The van der Waals surface area contributed by atoms with Gasteiger partial charge in [-0.3, -0.25) is 10.2 Å². The van der Waals surface area contributed by atoms with Gasteiger partial charge in [-0.05, 0) is 36.8 Å². The minimum absolute atomic E-state index is 0.213. The summed E-state index contributed by atoms with van der Waals surface area (Å²) in [5.41, 5.74) is 6.28. The highest BCUT2D eigenvalue weighted by atomic mass is 16.5. The molecule has 3 aromatic rings. The first-order chi connectivity index (χ1) is 12.6. The van der Waals surface area contributed by atoms with E-state index in [9.17, 15) is 4.79 Å². The van der Waals surface area contributed by atoms with Gasteiger partial charge < -0.3 is 14.0 Å². The van der Waals surface area contributed by atoms with Crippen LogP contribution in [0.1, 0.15) is 16.8 Å². The summed E-state index contributed by atoms with van der Waals surface area (Å²) in [5, 5.41) is 0.986. The lowest BCUT2D eigenvalue weighted by Gasteiger charge is -2.12. The molecular formula is C20H23N3O3. The molecule has 6 nitrogen and oxygen atoms in total. The van der Waals surface area contributed by atoms with E-state index in [1.807, 2.05) is 49.4 Å². The Bertz CT molecular complexity index is 947. The third-order valence-electron chi connectivity index (χ3n) is 4.68. The van der Waals surface area contributed by atoms with Crippen LogP contribution in [0.15, 0.2) is 42.5 Å². The number of amides is 1. The third-order valence-corrected chi connectivity index (χ3v) is 4.68. The van der Waals surface area contributed by atoms with E-state index in [-0.39, 0.29) is 12.3 Å². The van der Waals surface area contributed by atoms with E-state index >= 15 is 0 Å². The first-order valence-electron chi connectivity index (χ1n) is 8.36. The SMILES string of the molecule is COc1ccc2c(c1)c(CC(=O)NN)c(C)n2Cc1ccccc1OC. The van der Waals surface area contributed by atoms with Crippen LogP contribution in [0, 0.1) is 6.92 Å². The average Bonchev–Trinajstić information content (AvgIpc) is 2.93. The first kappa shape index (κ1) is 17.8. The topological polar surface area (TPSA) is 78.5 Å². The van der Waals surface area contributed by atoms with Crippen LogP contribution < -0.4 is 20.7 Å². The first-order valence-corrected chi connectivity index (χ1v) is 8.36. The van der Waals surface area contributed by atoms with E-state index in [1.165, 1.54) is 0 Å². The molecule has 26 heavy (non-hydrogen) atoms. The number of nitrogens with one attached hydrogen (secondary N) is 1. The summed E-state index contributed by atoms with van der Waals surface area (Å²) in [7, 11) is 3.30. The zero-order valence-electron chi connectivity index (χ0n) is 15.2. The van der Waals surface area contributed by atoms with Crippen molar-refractivity contribution in [3.8, 4) is 11.5 Å². The molecule has 0 saturated heterocycles. The maximum absolute atomic E-state index is 11.9. The van der Waals surface area contributed by atoms with Gasteiger partial charge in [0.25, 0.3) is 0 Å². The fourth-order valence-electron chi connectivity index (χ4n) is 3.30. The number of para-hydroxylation sites is 1. The molecule has 2 aromatic carbocycles. The van der Waals surface area contributed by atoms with Crippen molar-refractivity contribution in [1.29, 1.82) is 0 Å². The third kappa shape index (κ3) is 3.23. The molecule has 1 amide bonds. The van der Waals surface area contributed by atoms with Crippen LogP contribution in [-0.4, -0.2) is 24.7 Å². The Hall–Kier alpha value is -2.99. The molecule has 6 heteroatoms. The van der Waals surface area contributed by atoms with E-state index in [0.717, 1.165) is 39.2 Å². The number of rotatable bonds is 6. The zero-order valence-corrected chi connectivity index (χ0v) is 15.2. The second-order valence-corrected chi connectivity index (χ2v) is 6.09. The number of carbonyl (C=O) groups excluding carboxylic acids is 1. The quantitative estimate of drug-likeness (QED) is 0.406. The van der Waals surface area contributed by atoms with Crippen molar-refractivity contribution in [1.82, 2.24) is 9.99 Å². The maximum Gasteiger partial charge on any atom is 0.238 e. The number of fused-ring (bicyclic) bond motifs is 1. The Kier molecular flexibility index (Phi) is 5.14. The van der Waals surface area contributed by atoms with Crippen molar-refractivity contribution in [3.05, 3.63) is 59.3 Å². The van der Waals surface area contributed by atoms with Crippen LogP contribution in [0.2, 0.25) is 0 Å². The van der Waals surface area contributed by atoms with E-state index in [1.54, 1.807) is 14.2 Å². The van der Waals surface area contributed by atoms with Crippen molar-refractivity contribution < 1.29 is 14.3 Å². The minimum atomic E-state index is -0.229. The summed E-state index contributed by atoms with van der Waals surface area (Å²) >= 11 is 0. The molecule has 3 rings (SSSR count). The second-order valence-electron chi connectivity index (χ2n) is 6.09. The number of nitrogens with zero attached hydrogens (tertiary/aromatic N) is 1. The monoisotopic (exact) mass is 353 g/mol. The number of ether oxygens (including phenoxy) is 2. The smallest absolute Gasteiger partial charge is 0.238 e. The maximum atomic E-state index is 11.9. The van der Waals surface area contributed by atoms with Gasteiger partial charge >= 0.3 is 0 Å². The fraction of sp³-hybridized carbons (Fsp3) is 0.250. The lowest BCUT2D eigenvalue weighted by Crippen LogP contribution is -2.31. The fourth-order valence-corrected chi connectivity index (χ4v) is 3.30. The molecule has 3 N–H and O–H groups in total. The van der Waals surface area contributed by atoms with Crippen molar-refractivity contribution in [3.63, 3.8) is 0 Å². The van der Waals surface area contributed by atoms with E-state index in [0.29, 0.717) is 6.54 Å². The Morgan fingerprint density at radius 3 is 2.62 bits per heavy atom. The van der Waals surface area contributed by atoms with Gasteiger partial charge in [0, 0.05) is 22.2 Å². The van der Waals surface area contributed by atoms with Gasteiger partial charge in [0.15, 0.2) is 0 Å². The van der Waals surface area contributed by atoms with Gasteiger partial charge in [0.1, 0.15) is 11.5 Å². The number of hydrazine groups is 1. The minimum Gasteiger partial charge on any atom is -0.497 e. The Morgan fingerprint density at radius 1 is 1.15 bits per heavy atom. The normalized spacial score (nSPS) is 10.8. The molecule has 0 aliphatic rings. The molecule has 0 aliphatic heterocycles. The van der Waals surface area contributed by atoms with Crippen molar-refractivity contribution in [2.24, 2.45) is 5.84 Å². The summed E-state index contributed by atoms with van der Waals surface area (Å²) in [5.74, 6) is 6.65. The summed E-state index contributed by atoms with van der Waals surface area (Å²) in [6, 6.07) is 13.8. The predicted molar refractivity (Wildman–Crippen MR) is 101 cm³/mol. The van der Waals surface area contributed by atoms with Gasteiger partial charge in [0.05, 0.1) is 27.2 Å². The summed E-state index contributed by atoms with van der Waals surface area (Å²) in [6.07, 6.45) is 0.213. The summed E-state index contributed by atoms with van der Waals surface area (Å²) in [6.45, 7) is 2.66. The van der Waals surface area contributed by atoms with Gasteiger partial charge in [-0.15, -0.1) is 0 Å². The van der Waals surface area contributed by atoms with Crippen LogP contribution in [0.5, 0.6) is 11.5 Å². The number of benzene rings is 2. The van der Waals surface area contributed by atoms with Gasteiger partial charge in [-0.1, -0.05) is 18.2 Å². The van der Waals surface area contributed by atoms with Crippen LogP contribution >= 0.6 is 0 Å². The highest BCUT2D eigenvalue weighted by Gasteiger charge is 2.18. The highest BCUT2D eigenvalue weighted by molar-refractivity contribution is 5.91. The molecule has 0 radical (unpaired) electrons. The van der Waals surface area contributed by atoms with E-state index in [2.05, 4.69) is 9.99 Å².